The van der Waals surface area contributed by atoms with Gasteiger partial charge in [0.25, 0.3) is 0 Å². The van der Waals surface area contributed by atoms with Crippen LogP contribution in [0.2, 0.25) is 0 Å². The van der Waals surface area contributed by atoms with Gasteiger partial charge in [0.05, 0.1) is 6.61 Å². The average Bonchev–Trinajstić information content (AvgIpc) is 2.25. The van der Waals surface area contributed by atoms with Gasteiger partial charge >= 0.3 is 0 Å². The van der Waals surface area contributed by atoms with Gasteiger partial charge in [0.15, 0.2) is 0 Å². The molecule has 1 aromatic carbocycles. The molecule has 1 unspecified atom stereocenters. The third kappa shape index (κ3) is 3.38. The van der Waals surface area contributed by atoms with Crippen molar-refractivity contribution in [3.63, 3.8) is 0 Å². The molecular formula is C15H23ClO. The van der Waals surface area contributed by atoms with E-state index in [0.29, 0.717) is 24.3 Å². The molecule has 1 atom stereocenters. The Labute approximate surface area is 110 Å². The lowest BCUT2D eigenvalue weighted by atomic mass is 9.86. The molecular weight excluding hydrogens is 232 g/mol. The third-order valence-electron chi connectivity index (χ3n) is 3.23. The van der Waals surface area contributed by atoms with Crippen LogP contribution in [0, 0.1) is 19.8 Å². The molecule has 0 aliphatic heterocycles. The lowest BCUT2D eigenvalue weighted by Crippen LogP contribution is -2.11. The predicted molar refractivity (Wildman–Crippen MR) is 75.4 cm³/mol. The van der Waals surface area contributed by atoms with E-state index in [9.17, 15) is 0 Å². The van der Waals surface area contributed by atoms with Crippen LogP contribution in [0.25, 0.3) is 0 Å². The van der Waals surface area contributed by atoms with Crippen molar-refractivity contribution < 1.29 is 4.74 Å². The summed E-state index contributed by atoms with van der Waals surface area (Å²) in [4.78, 5) is 0. The van der Waals surface area contributed by atoms with Crippen molar-refractivity contribution in [3.8, 4) is 5.75 Å². The van der Waals surface area contributed by atoms with E-state index in [4.69, 9.17) is 16.3 Å². The SMILES string of the molecule is CCOc1cc(C)c(C(CCl)C(C)C)cc1C. The fourth-order valence-electron chi connectivity index (χ4n) is 2.14. The predicted octanol–water partition coefficient (Wildman–Crippen LogP) is 4.68. The van der Waals surface area contributed by atoms with Crippen molar-refractivity contribution in [2.24, 2.45) is 5.92 Å². The summed E-state index contributed by atoms with van der Waals surface area (Å²) in [5.41, 5.74) is 3.83. The number of ether oxygens (including phenoxy) is 1. The van der Waals surface area contributed by atoms with E-state index in [1.54, 1.807) is 0 Å². The second-order valence-electron chi connectivity index (χ2n) is 4.91. The van der Waals surface area contributed by atoms with Crippen LogP contribution in [0.4, 0.5) is 0 Å². The number of hydrogen-bond donors (Lipinski definition) is 0. The lowest BCUT2D eigenvalue weighted by Gasteiger charge is -2.22. The molecule has 1 nitrogen and oxygen atoms in total. The van der Waals surface area contributed by atoms with E-state index >= 15 is 0 Å². The van der Waals surface area contributed by atoms with Crippen molar-refractivity contribution in [3.05, 3.63) is 28.8 Å². The zero-order chi connectivity index (χ0) is 13.0. The zero-order valence-corrected chi connectivity index (χ0v) is 12.3. The van der Waals surface area contributed by atoms with Gasteiger partial charge in [-0.3, -0.25) is 0 Å². The van der Waals surface area contributed by atoms with Crippen molar-refractivity contribution >= 4 is 11.6 Å². The number of hydrogen-bond acceptors (Lipinski definition) is 1. The minimum absolute atomic E-state index is 0.422. The van der Waals surface area contributed by atoms with Gasteiger partial charge in [-0.15, -0.1) is 11.6 Å². The average molecular weight is 255 g/mol. The van der Waals surface area contributed by atoms with Crippen LogP contribution >= 0.6 is 11.6 Å². The molecule has 1 rings (SSSR count). The Morgan fingerprint density at radius 2 is 1.82 bits per heavy atom. The van der Waals surface area contributed by atoms with E-state index in [2.05, 4.69) is 39.8 Å². The highest BCUT2D eigenvalue weighted by molar-refractivity contribution is 6.18. The molecule has 0 heterocycles. The summed E-state index contributed by atoms with van der Waals surface area (Å²) in [5, 5.41) is 0. The second kappa shape index (κ2) is 6.30. The molecule has 0 fully saturated rings. The number of alkyl halides is 1. The number of aryl methyl sites for hydroxylation is 2. The summed E-state index contributed by atoms with van der Waals surface area (Å²) >= 11 is 6.09. The standard InChI is InChI=1S/C15H23ClO/c1-6-17-15-8-11(4)13(7-12(15)5)14(9-16)10(2)3/h7-8,10,14H,6,9H2,1-5H3. The van der Waals surface area contributed by atoms with Crippen LogP contribution in [0.5, 0.6) is 5.75 Å². The smallest absolute Gasteiger partial charge is 0.122 e. The van der Waals surface area contributed by atoms with Crippen molar-refractivity contribution in [2.45, 2.75) is 40.5 Å². The maximum Gasteiger partial charge on any atom is 0.122 e. The summed E-state index contributed by atoms with van der Waals surface area (Å²) in [6.45, 7) is 11.4. The Hall–Kier alpha value is -0.690. The zero-order valence-electron chi connectivity index (χ0n) is 11.5. The Kier molecular flexibility index (Phi) is 5.32. The van der Waals surface area contributed by atoms with Crippen LogP contribution in [0.1, 0.15) is 43.4 Å². The van der Waals surface area contributed by atoms with Crippen LogP contribution < -0.4 is 4.74 Å². The van der Waals surface area contributed by atoms with E-state index in [0.717, 1.165) is 5.75 Å². The Morgan fingerprint density at radius 3 is 2.29 bits per heavy atom. The van der Waals surface area contributed by atoms with Crippen LogP contribution in [0.3, 0.4) is 0 Å². The normalized spacial score (nSPS) is 12.9. The van der Waals surface area contributed by atoms with Gasteiger partial charge in [-0.05, 0) is 55.4 Å². The molecule has 0 N–H and O–H groups in total. The Bertz CT molecular complexity index is 371. The fourth-order valence-corrected chi connectivity index (χ4v) is 2.67. The monoisotopic (exact) mass is 254 g/mol. The molecule has 0 aromatic heterocycles. The highest BCUT2D eigenvalue weighted by Gasteiger charge is 2.18. The van der Waals surface area contributed by atoms with Gasteiger partial charge in [0.1, 0.15) is 5.75 Å². The van der Waals surface area contributed by atoms with Crippen LogP contribution in [-0.2, 0) is 0 Å². The first-order valence-corrected chi connectivity index (χ1v) is 6.84. The molecule has 0 bridgehead atoms. The largest absolute Gasteiger partial charge is 0.494 e. The van der Waals surface area contributed by atoms with Gasteiger partial charge in [-0.2, -0.15) is 0 Å². The molecule has 96 valence electrons. The van der Waals surface area contributed by atoms with E-state index < -0.39 is 0 Å². The summed E-state index contributed by atoms with van der Waals surface area (Å²) < 4.78 is 5.61. The molecule has 0 aliphatic rings. The molecule has 0 amide bonds. The van der Waals surface area contributed by atoms with Gasteiger partial charge < -0.3 is 4.74 Å². The minimum Gasteiger partial charge on any atom is -0.494 e. The quantitative estimate of drug-likeness (QED) is 0.694. The molecule has 0 saturated heterocycles. The van der Waals surface area contributed by atoms with Gasteiger partial charge in [0, 0.05) is 5.88 Å². The number of benzene rings is 1. The first-order valence-electron chi connectivity index (χ1n) is 6.31. The number of halogens is 1. The summed E-state index contributed by atoms with van der Waals surface area (Å²) in [6, 6.07) is 4.36. The Morgan fingerprint density at radius 1 is 1.18 bits per heavy atom. The highest BCUT2D eigenvalue weighted by atomic mass is 35.5. The minimum atomic E-state index is 0.422. The maximum atomic E-state index is 6.09. The Balaban J connectivity index is 3.13. The molecule has 0 saturated carbocycles. The first-order chi connectivity index (χ1) is 8.01. The van der Waals surface area contributed by atoms with Crippen molar-refractivity contribution in [1.29, 1.82) is 0 Å². The molecule has 0 aliphatic carbocycles. The molecule has 0 radical (unpaired) electrons. The van der Waals surface area contributed by atoms with Crippen molar-refractivity contribution in [1.82, 2.24) is 0 Å². The summed E-state index contributed by atoms with van der Waals surface area (Å²) in [5.74, 6) is 2.65. The third-order valence-corrected chi connectivity index (χ3v) is 3.57. The van der Waals surface area contributed by atoms with E-state index in [-0.39, 0.29) is 0 Å². The first kappa shape index (κ1) is 14.4. The molecule has 0 spiro atoms. The highest BCUT2D eigenvalue weighted by Crippen LogP contribution is 2.32. The van der Waals surface area contributed by atoms with Crippen LogP contribution in [0.15, 0.2) is 12.1 Å². The summed E-state index contributed by atoms with van der Waals surface area (Å²) in [6.07, 6.45) is 0. The van der Waals surface area contributed by atoms with Crippen LogP contribution in [-0.4, -0.2) is 12.5 Å². The lowest BCUT2D eigenvalue weighted by molar-refractivity contribution is 0.337. The van der Waals surface area contributed by atoms with E-state index in [1.807, 2.05) is 6.92 Å². The fraction of sp³-hybridized carbons (Fsp3) is 0.600. The molecule has 2 heteroatoms. The maximum absolute atomic E-state index is 6.09. The topological polar surface area (TPSA) is 9.23 Å². The van der Waals surface area contributed by atoms with Gasteiger partial charge in [-0.1, -0.05) is 19.9 Å². The number of rotatable bonds is 5. The van der Waals surface area contributed by atoms with E-state index in [1.165, 1.54) is 16.7 Å². The van der Waals surface area contributed by atoms with Gasteiger partial charge in [-0.25, -0.2) is 0 Å². The second-order valence-corrected chi connectivity index (χ2v) is 5.22. The van der Waals surface area contributed by atoms with Crippen molar-refractivity contribution in [2.75, 3.05) is 12.5 Å². The van der Waals surface area contributed by atoms with Gasteiger partial charge in [0.2, 0.25) is 0 Å². The summed E-state index contributed by atoms with van der Waals surface area (Å²) in [7, 11) is 0. The molecule has 1 aromatic rings. The molecule has 17 heavy (non-hydrogen) atoms.